The molecule has 156 valence electrons. The highest BCUT2D eigenvalue weighted by Gasteiger charge is 2.40. The van der Waals surface area contributed by atoms with E-state index in [1.54, 1.807) is 29.2 Å². The van der Waals surface area contributed by atoms with E-state index in [1.807, 2.05) is 12.1 Å². The Hall–Kier alpha value is -3.20. The Balaban J connectivity index is 1.53. The molecule has 0 atom stereocenters. The second kappa shape index (κ2) is 6.94. The van der Waals surface area contributed by atoms with Crippen molar-refractivity contribution in [3.05, 3.63) is 53.2 Å². The summed E-state index contributed by atoms with van der Waals surface area (Å²) in [6.45, 7) is 0.757. The van der Waals surface area contributed by atoms with Crippen molar-refractivity contribution in [3.8, 4) is 23.0 Å². The summed E-state index contributed by atoms with van der Waals surface area (Å²) >= 11 is 0. The van der Waals surface area contributed by atoms with Crippen LogP contribution in [0, 0.1) is 0 Å². The van der Waals surface area contributed by atoms with Crippen LogP contribution in [0.1, 0.15) is 16.8 Å². The molecule has 0 unspecified atom stereocenters. The number of hydrogen-bond donors (Lipinski definition) is 0. The van der Waals surface area contributed by atoms with Crippen LogP contribution in [-0.2, 0) is 19.3 Å². The van der Waals surface area contributed by atoms with Crippen LogP contribution >= 0.6 is 0 Å². The highest BCUT2D eigenvalue weighted by Crippen LogP contribution is 2.43. The lowest BCUT2D eigenvalue weighted by atomic mass is 10.0. The van der Waals surface area contributed by atoms with Crippen molar-refractivity contribution in [1.29, 1.82) is 0 Å². The number of halogens is 3. The molecule has 0 aliphatic carbocycles. The zero-order chi connectivity index (χ0) is 20.9. The fraction of sp³-hybridized carbons (Fsp3) is 0.286. The zero-order valence-electron chi connectivity index (χ0n) is 16.0. The van der Waals surface area contributed by atoms with Crippen LogP contribution in [0.15, 0.2) is 36.4 Å². The molecule has 0 spiro atoms. The topological polar surface area (TPSA) is 53.1 Å². The monoisotopic (exact) mass is 418 g/mol. The number of rotatable bonds is 3. The van der Waals surface area contributed by atoms with Crippen molar-refractivity contribution in [3.63, 3.8) is 0 Å². The van der Waals surface area contributed by atoms with Gasteiger partial charge in [-0.25, -0.2) is 4.98 Å². The van der Waals surface area contributed by atoms with Crippen molar-refractivity contribution in [2.75, 3.05) is 20.6 Å². The summed E-state index contributed by atoms with van der Waals surface area (Å²) in [7, 11) is 1.40. The van der Waals surface area contributed by atoms with Gasteiger partial charge >= 0.3 is 6.18 Å². The number of pyridine rings is 1. The van der Waals surface area contributed by atoms with E-state index in [1.165, 1.54) is 7.11 Å². The number of hydrogen-bond acceptors (Lipinski definition) is 6. The van der Waals surface area contributed by atoms with E-state index >= 15 is 0 Å². The molecule has 3 heterocycles. The number of benzene rings is 2. The minimum Gasteiger partial charge on any atom is -0.494 e. The predicted molar refractivity (Wildman–Crippen MR) is 101 cm³/mol. The lowest BCUT2D eigenvalue weighted by molar-refractivity contribution is -0.142. The molecular weight excluding hydrogens is 401 g/mol. The van der Waals surface area contributed by atoms with Crippen LogP contribution in [0.3, 0.4) is 0 Å². The minimum atomic E-state index is -4.62. The van der Waals surface area contributed by atoms with E-state index in [9.17, 15) is 13.2 Å². The van der Waals surface area contributed by atoms with Crippen LogP contribution in [0.2, 0.25) is 0 Å². The average molecular weight is 418 g/mol. The SMILES string of the molecule is COc1cccc2c3c(c(C(F)(F)F)nc12)CN(Cc1ccc2c(c1)OCO2)CO3. The Morgan fingerprint density at radius 1 is 1.10 bits per heavy atom. The fourth-order valence-electron chi connectivity index (χ4n) is 3.81. The third kappa shape index (κ3) is 3.15. The Morgan fingerprint density at radius 2 is 1.93 bits per heavy atom. The number of alkyl halides is 3. The molecule has 0 saturated carbocycles. The zero-order valence-corrected chi connectivity index (χ0v) is 16.0. The molecule has 5 rings (SSSR count). The van der Waals surface area contributed by atoms with Crippen LogP contribution < -0.4 is 18.9 Å². The first-order valence-corrected chi connectivity index (χ1v) is 9.24. The maximum atomic E-state index is 13.8. The third-order valence-corrected chi connectivity index (χ3v) is 5.13. The molecule has 2 aromatic carbocycles. The van der Waals surface area contributed by atoms with Gasteiger partial charge in [0.25, 0.3) is 0 Å². The van der Waals surface area contributed by atoms with Crippen LogP contribution in [0.5, 0.6) is 23.0 Å². The molecule has 0 radical (unpaired) electrons. The molecule has 2 aliphatic rings. The highest BCUT2D eigenvalue weighted by atomic mass is 19.4. The molecule has 2 aliphatic heterocycles. The summed E-state index contributed by atoms with van der Waals surface area (Å²) in [5, 5.41) is 0.500. The van der Waals surface area contributed by atoms with E-state index < -0.39 is 11.9 Å². The maximum absolute atomic E-state index is 13.8. The lowest BCUT2D eigenvalue weighted by Gasteiger charge is -2.31. The normalized spacial score (nSPS) is 15.7. The Morgan fingerprint density at radius 3 is 2.73 bits per heavy atom. The van der Waals surface area contributed by atoms with Gasteiger partial charge in [0.2, 0.25) is 6.79 Å². The van der Waals surface area contributed by atoms with Gasteiger partial charge < -0.3 is 18.9 Å². The molecule has 6 nitrogen and oxygen atoms in total. The van der Waals surface area contributed by atoms with Gasteiger partial charge in [0.15, 0.2) is 17.2 Å². The van der Waals surface area contributed by atoms with Crippen molar-refractivity contribution < 1.29 is 32.1 Å². The van der Waals surface area contributed by atoms with Crippen LogP contribution in [0.4, 0.5) is 13.2 Å². The molecule has 0 bridgehead atoms. The number of nitrogens with zero attached hydrogens (tertiary/aromatic N) is 2. The predicted octanol–water partition coefficient (Wildman–Crippen LogP) is 4.34. The van der Waals surface area contributed by atoms with Gasteiger partial charge in [0, 0.05) is 24.0 Å². The lowest BCUT2D eigenvalue weighted by Crippen LogP contribution is -2.33. The van der Waals surface area contributed by atoms with Gasteiger partial charge in [0.05, 0.1) is 7.11 Å². The second-order valence-corrected chi connectivity index (χ2v) is 7.07. The summed E-state index contributed by atoms with van der Waals surface area (Å²) in [6.07, 6.45) is -4.62. The standard InChI is InChI=1S/C21H17F3N2O4/c1-27-16-4-2-3-13-18(16)25-20(21(22,23)24)14-9-26(10-28-19(13)14)8-12-5-6-15-17(7-12)30-11-29-15/h2-7H,8-11H2,1H3. The van der Waals surface area contributed by atoms with Gasteiger partial charge in [-0.3, -0.25) is 4.90 Å². The quantitative estimate of drug-likeness (QED) is 0.631. The number of fused-ring (bicyclic) bond motifs is 4. The van der Waals surface area contributed by atoms with E-state index in [4.69, 9.17) is 18.9 Å². The molecule has 3 aromatic rings. The second-order valence-electron chi connectivity index (χ2n) is 7.07. The molecule has 9 heteroatoms. The number of methoxy groups -OCH3 is 1. The minimum absolute atomic E-state index is 0.0234. The molecule has 0 saturated heterocycles. The van der Waals surface area contributed by atoms with Gasteiger partial charge in [-0.05, 0) is 29.8 Å². The van der Waals surface area contributed by atoms with E-state index in [0.29, 0.717) is 23.4 Å². The number of aromatic nitrogens is 1. The molecule has 0 N–H and O–H groups in total. The van der Waals surface area contributed by atoms with Crippen molar-refractivity contribution in [2.45, 2.75) is 19.3 Å². The molecular formula is C21H17F3N2O4. The van der Waals surface area contributed by atoms with Crippen LogP contribution in [0.25, 0.3) is 10.9 Å². The Labute approximate surface area is 169 Å². The first kappa shape index (κ1) is 18.8. The van der Waals surface area contributed by atoms with E-state index in [0.717, 1.165) is 5.56 Å². The first-order valence-electron chi connectivity index (χ1n) is 9.24. The Kier molecular flexibility index (Phi) is 4.35. The highest BCUT2D eigenvalue weighted by molar-refractivity contribution is 5.91. The Bertz CT molecular complexity index is 1130. The summed E-state index contributed by atoms with van der Waals surface area (Å²) in [5.41, 5.74) is 0.0886. The van der Waals surface area contributed by atoms with E-state index in [-0.39, 0.29) is 42.6 Å². The smallest absolute Gasteiger partial charge is 0.433 e. The first-order chi connectivity index (χ1) is 14.4. The summed E-state index contributed by atoms with van der Waals surface area (Å²) in [6, 6.07) is 10.5. The van der Waals surface area contributed by atoms with E-state index in [2.05, 4.69) is 4.98 Å². The van der Waals surface area contributed by atoms with Crippen molar-refractivity contribution in [1.82, 2.24) is 9.88 Å². The average Bonchev–Trinajstić information content (AvgIpc) is 3.19. The van der Waals surface area contributed by atoms with Gasteiger partial charge in [-0.2, -0.15) is 13.2 Å². The maximum Gasteiger partial charge on any atom is 0.433 e. The third-order valence-electron chi connectivity index (χ3n) is 5.13. The fourth-order valence-corrected chi connectivity index (χ4v) is 3.81. The number of para-hydroxylation sites is 1. The molecule has 0 fully saturated rings. The van der Waals surface area contributed by atoms with Gasteiger partial charge in [0.1, 0.15) is 23.7 Å². The largest absolute Gasteiger partial charge is 0.494 e. The molecule has 0 amide bonds. The van der Waals surface area contributed by atoms with Gasteiger partial charge in [-0.15, -0.1) is 0 Å². The van der Waals surface area contributed by atoms with Crippen LogP contribution in [-0.4, -0.2) is 30.5 Å². The summed E-state index contributed by atoms with van der Waals surface area (Å²) in [4.78, 5) is 5.71. The summed E-state index contributed by atoms with van der Waals surface area (Å²) < 4.78 is 63.2. The number of ether oxygens (including phenoxy) is 4. The van der Waals surface area contributed by atoms with Crippen molar-refractivity contribution in [2.24, 2.45) is 0 Å². The summed E-state index contributed by atoms with van der Waals surface area (Å²) in [5.74, 6) is 1.75. The molecule has 30 heavy (non-hydrogen) atoms. The van der Waals surface area contributed by atoms with Gasteiger partial charge in [-0.1, -0.05) is 12.1 Å². The van der Waals surface area contributed by atoms with Crippen molar-refractivity contribution >= 4 is 10.9 Å². The molecule has 1 aromatic heterocycles.